The van der Waals surface area contributed by atoms with Gasteiger partial charge in [-0.15, -0.1) is 0 Å². The summed E-state index contributed by atoms with van der Waals surface area (Å²) in [5, 5.41) is 6.67. The Kier molecular flexibility index (Phi) is 9.61. The predicted octanol–water partition coefficient (Wildman–Crippen LogP) is 2.31. The smallest absolute Gasteiger partial charge is 0.260 e. The molecular formula is C26H28N4O6S. The molecule has 2 amide bonds. The van der Waals surface area contributed by atoms with Gasteiger partial charge < -0.3 is 14.8 Å². The normalized spacial score (nSPS) is 11.1. The quantitative estimate of drug-likeness (QED) is 0.277. The van der Waals surface area contributed by atoms with Gasteiger partial charge in [-0.2, -0.15) is 5.10 Å². The SMILES string of the molecule is COc1ccc(N(CC(=O)N/N=C\c2ccc(OCC(=O)NCc3ccccc3)cc2)S(C)(=O)=O)cc1. The highest BCUT2D eigenvalue weighted by Gasteiger charge is 2.20. The molecule has 0 aromatic heterocycles. The summed E-state index contributed by atoms with van der Waals surface area (Å²) >= 11 is 0. The molecule has 0 atom stereocenters. The Bertz CT molecular complexity index is 1310. The number of ether oxygens (including phenoxy) is 2. The number of hydrazone groups is 1. The van der Waals surface area contributed by atoms with E-state index in [9.17, 15) is 18.0 Å². The monoisotopic (exact) mass is 524 g/mol. The molecule has 0 unspecified atom stereocenters. The van der Waals surface area contributed by atoms with Crippen molar-refractivity contribution >= 4 is 33.7 Å². The lowest BCUT2D eigenvalue weighted by atomic mass is 10.2. The van der Waals surface area contributed by atoms with Crippen LogP contribution in [0.1, 0.15) is 11.1 Å². The third-order valence-electron chi connectivity index (χ3n) is 5.03. The number of hydrogen-bond acceptors (Lipinski definition) is 7. The van der Waals surface area contributed by atoms with E-state index in [0.29, 0.717) is 29.3 Å². The molecule has 2 N–H and O–H groups in total. The van der Waals surface area contributed by atoms with E-state index in [0.717, 1.165) is 16.1 Å². The van der Waals surface area contributed by atoms with E-state index in [1.165, 1.54) is 13.3 Å². The van der Waals surface area contributed by atoms with Crippen LogP contribution >= 0.6 is 0 Å². The molecule has 0 saturated carbocycles. The van der Waals surface area contributed by atoms with Crippen molar-refractivity contribution in [1.82, 2.24) is 10.7 Å². The lowest BCUT2D eigenvalue weighted by molar-refractivity contribution is -0.123. The molecule has 0 aliphatic carbocycles. The third-order valence-corrected chi connectivity index (χ3v) is 6.17. The van der Waals surface area contributed by atoms with E-state index in [4.69, 9.17) is 9.47 Å². The molecule has 3 aromatic rings. The van der Waals surface area contributed by atoms with Gasteiger partial charge in [0, 0.05) is 6.54 Å². The van der Waals surface area contributed by atoms with E-state index in [2.05, 4.69) is 15.8 Å². The first-order chi connectivity index (χ1) is 17.7. The van der Waals surface area contributed by atoms with Gasteiger partial charge in [0.25, 0.3) is 11.8 Å². The summed E-state index contributed by atoms with van der Waals surface area (Å²) in [6, 6.07) is 22.6. The Morgan fingerprint density at radius 2 is 1.57 bits per heavy atom. The standard InChI is InChI=1S/C26H28N4O6S/c1-35-23-14-10-22(11-15-23)30(37(2,33)34)18-25(31)29-28-17-21-8-12-24(13-9-21)36-19-26(32)27-16-20-6-4-3-5-7-20/h3-15,17H,16,18-19H2,1-2H3,(H,27,32)(H,29,31)/b28-17-. The lowest BCUT2D eigenvalue weighted by Crippen LogP contribution is -2.39. The Morgan fingerprint density at radius 3 is 2.19 bits per heavy atom. The fourth-order valence-electron chi connectivity index (χ4n) is 3.14. The number of nitrogens with one attached hydrogen (secondary N) is 2. The van der Waals surface area contributed by atoms with Crippen molar-refractivity contribution in [1.29, 1.82) is 0 Å². The number of anilines is 1. The number of methoxy groups -OCH3 is 1. The highest BCUT2D eigenvalue weighted by molar-refractivity contribution is 7.92. The second-order valence-corrected chi connectivity index (χ2v) is 9.79. The predicted molar refractivity (Wildman–Crippen MR) is 141 cm³/mol. The number of hydrogen-bond donors (Lipinski definition) is 2. The molecule has 0 spiro atoms. The largest absolute Gasteiger partial charge is 0.497 e. The zero-order valence-corrected chi connectivity index (χ0v) is 21.3. The maximum absolute atomic E-state index is 12.3. The van der Waals surface area contributed by atoms with Crippen molar-refractivity contribution in [2.75, 3.05) is 30.8 Å². The van der Waals surface area contributed by atoms with Gasteiger partial charge >= 0.3 is 0 Å². The van der Waals surface area contributed by atoms with E-state index in [-0.39, 0.29) is 12.5 Å². The van der Waals surface area contributed by atoms with E-state index >= 15 is 0 Å². The fourth-order valence-corrected chi connectivity index (χ4v) is 4.00. The molecule has 0 fully saturated rings. The van der Waals surface area contributed by atoms with E-state index < -0.39 is 22.5 Å². The van der Waals surface area contributed by atoms with Crippen LogP contribution in [0.2, 0.25) is 0 Å². The summed E-state index contributed by atoms with van der Waals surface area (Å²) in [6.45, 7) is -0.144. The third kappa shape index (κ3) is 8.97. The molecule has 0 aliphatic heterocycles. The van der Waals surface area contributed by atoms with Crippen LogP contribution in [0.4, 0.5) is 5.69 Å². The molecular weight excluding hydrogens is 496 g/mol. The molecule has 0 heterocycles. The van der Waals surface area contributed by atoms with Gasteiger partial charge in [0.15, 0.2) is 6.61 Å². The van der Waals surface area contributed by atoms with Gasteiger partial charge in [0.1, 0.15) is 18.0 Å². The number of nitrogens with zero attached hydrogens (tertiary/aromatic N) is 2. The molecule has 0 bridgehead atoms. The summed E-state index contributed by atoms with van der Waals surface area (Å²) in [5.41, 5.74) is 4.31. The van der Waals surface area contributed by atoms with Crippen LogP contribution in [0.15, 0.2) is 84.0 Å². The van der Waals surface area contributed by atoms with Crippen molar-refractivity contribution in [3.05, 3.63) is 90.0 Å². The van der Waals surface area contributed by atoms with Gasteiger partial charge in [-0.1, -0.05) is 30.3 Å². The number of carbonyl (C=O) groups is 2. The fraction of sp³-hybridized carbons (Fsp3) is 0.192. The average Bonchev–Trinajstić information content (AvgIpc) is 2.90. The van der Waals surface area contributed by atoms with Crippen LogP contribution in [0, 0.1) is 0 Å². The molecule has 3 rings (SSSR count). The van der Waals surface area contributed by atoms with Crippen molar-refractivity contribution < 1.29 is 27.5 Å². The van der Waals surface area contributed by atoms with Gasteiger partial charge in [-0.3, -0.25) is 13.9 Å². The Labute approximate surface area is 216 Å². The van der Waals surface area contributed by atoms with Crippen LogP contribution in [0.25, 0.3) is 0 Å². The van der Waals surface area contributed by atoms with E-state index in [1.807, 2.05) is 30.3 Å². The Hall–Kier alpha value is -4.38. The molecule has 0 radical (unpaired) electrons. The van der Waals surface area contributed by atoms with Gasteiger partial charge in [0.05, 0.1) is 25.3 Å². The first kappa shape index (κ1) is 27.2. The number of rotatable bonds is 12. The Morgan fingerprint density at radius 1 is 0.919 bits per heavy atom. The number of amides is 2. The van der Waals surface area contributed by atoms with Crippen LogP contribution in [-0.2, 0) is 26.2 Å². The summed E-state index contributed by atoms with van der Waals surface area (Å²) in [5.74, 6) is 0.210. The summed E-state index contributed by atoms with van der Waals surface area (Å²) in [4.78, 5) is 24.3. The highest BCUT2D eigenvalue weighted by Crippen LogP contribution is 2.21. The van der Waals surface area contributed by atoms with E-state index in [1.54, 1.807) is 48.5 Å². The molecule has 194 valence electrons. The summed E-state index contributed by atoms with van der Waals surface area (Å²) < 4.78 is 35.9. The number of benzene rings is 3. The van der Waals surface area contributed by atoms with Crippen LogP contribution in [-0.4, -0.2) is 53.0 Å². The van der Waals surface area contributed by atoms with Gasteiger partial charge in [-0.05, 0) is 59.7 Å². The minimum atomic E-state index is -3.71. The zero-order chi connectivity index (χ0) is 26.7. The van der Waals surface area contributed by atoms with Crippen molar-refractivity contribution in [2.45, 2.75) is 6.54 Å². The molecule has 11 heteroatoms. The van der Waals surface area contributed by atoms with Gasteiger partial charge in [-0.25, -0.2) is 13.8 Å². The minimum Gasteiger partial charge on any atom is -0.497 e. The first-order valence-corrected chi connectivity index (χ1v) is 13.1. The second kappa shape index (κ2) is 13.1. The number of sulfonamides is 1. The molecule has 10 nitrogen and oxygen atoms in total. The summed E-state index contributed by atoms with van der Waals surface area (Å²) in [7, 11) is -2.20. The van der Waals surface area contributed by atoms with Crippen molar-refractivity contribution in [2.24, 2.45) is 5.10 Å². The van der Waals surface area contributed by atoms with Crippen LogP contribution in [0.5, 0.6) is 11.5 Å². The summed E-state index contributed by atoms with van der Waals surface area (Å²) in [6.07, 6.45) is 2.43. The maximum Gasteiger partial charge on any atom is 0.260 e. The molecule has 0 saturated heterocycles. The number of carbonyl (C=O) groups excluding carboxylic acids is 2. The second-order valence-electron chi connectivity index (χ2n) is 7.88. The Balaban J connectivity index is 1.46. The molecule has 3 aromatic carbocycles. The highest BCUT2D eigenvalue weighted by atomic mass is 32.2. The topological polar surface area (TPSA) is 126 Å². The molecule has 0 aliphatic rings. The van der Waals surface area contributed by atoms with Gasteiger partial charge in [0.2, 0.25) is 10.0 Å². The lowest BCUT2D eigenvalue weighted by Gasteiger charge is -2.21. The average molecular weight is 525 g/mol. The van der Waals surface area contributed by atoms with Crippen LogP contribution < -0.4 is 24.5 Å². The van der Waals surface area contributed by atoms with Crippen LogP contribution in [0.3, 0.4) is 0 Å². The molecule has 37 heavy (non-hydrogen) atoms. The maximum atomic E-state index is 12.3. The zero-order valence-electron chi connectivity index (χ0n) is 20.5. The van der Waals surface area contributed by atoms with Crippen molar-refractivity contribution in [3.63, 3.8) is 0 Å². The first-order valence-electron chi connectivity index (χ1n) is 11.2. The minimum absolute atomic E-state index is 0.124. The van der Waals surface area contributed by atoms with Crippen molar-refractivity contribution in [3.8, 4) is 11.5 Å².